The van der Waals surface area contributed by atoms with E-state index in [1.807, 2.05) is 38.1 Å². The third kappa shape index (κ3) is 5.55. The summed E-state index contributed by atoms with van der Waals surface area (Å²) in [6.07, 6.45) is 2.35. The van der Waals surface area contributed by atoms with Crippen molar-refractivity contribution in [3.63, 3.8) is 0 Å². The van der Waals surface area contributed by atoms with Crippen molar-refractivity contribution in [3.8, 4) is 5.75 Å². The molecule has 0 spiro atoms. The molecule has 0 saturated carbocycles. The van der Waals surface area contributed by atoms with Crippen molar-refractivity contribution in [2.75, 3.05) is 18.5 Å². The molecule has 24 heavy (non-hydrogen) atoms. The predicted octanol–water partition coefficient (Wildman–Crippen LogP) is 2.63. The van der Waals surface area contributed by atoms with Gasteiger partial charge in [-0.3, -0.25) is 9.59 Å². The van der Waals surface area contributed by atoms with Crippen LogP contribution in [-0.2, 0) is 16.1 Å². The highest BCUT2D eigenvalue weighted by Gasteiger charge is 2.05. The molecular formula is C18H22N2O4. The fourth-order valence-electron chi connectivity index (χ4n) is 2.08. The highest BCUT2D eigenvalue weighted by molar-refractivity contribution is 5.91. The summed E-state index contributed by atoms with van der Waals surface area (Å²) in [5, 5.41) is 2.76. The zero-order valence-electron chi connectivity index (χ0n) is 13.9. The van der Waals surface area contributed by atoms with Gasteiger partial charge in [-0.1, -0.05) is 19.1 Å². The maximum Gasteiger partial charge on any atom is 0.250 e. The minimum atomic E-state index is -0.245. The van der Waals surface area contributed by atoms with Crippen LogP contribution in [-0.4, -0.2) is 24.1 Å². The summed E-state index contributed by atoms with van der Waals surface area (Å²) in [5.41, 5.74) is 2.18. The first-order valence-corrected chi connectivity index (χ1v) is 7.87. The lowest BCUT2D eigenvalue weighted by Crippen LogP contribution is -2.18. The number of anilines is 1. The molecule has 1 heterocycles. The Morgan fingerprint density at radius 3 is 2.83 bits per heavy atom. The smallest absolute Gasteiger partial charge is 0.250 e. The number of ether oxygens (including phenoxy) is 2. The highest BCUT2D eigenvalue weighted by atomic mass is 16.5. The van der Waals surface area contributed by atoms with Crippen LogP contribution in [0.15, 0.2) is 41.3 Å². The second kappa shape index (κ2) is 8.88. The summed E-state index contributed by atoms with van der Waals surface area (Å²) in [6, 6.07) is 8.94. The molecule has 0 bridgehead atoms. The molecule has 0 saturated heterocycles. The highest BCUT2D eigenvalue weighted by Crippen LogP contribution is 2.09. The number of pyridine rings is 1. The molecule has 0 radical (unpaired) electrons. The van der Waals surface area contributed by atoms with E-state index in [1.54, 1.807) is 0 Å². The molecule has 0 aliphatic rings. The van der Waals surface area contributed by atoms with E-state index in [-0.39, 0.29) is 30.3 Å². The first kappa shape index (κ1) is 17.7. The molecule has 2 aromatic rings. The van der Waals surface area contributed by atoms with Gasteiger partial charge in [-0.05, 0) is 31.0 Å². The van der Waals surface area contributed by atoms with Gasteiger partial charge in [-0.2, -0.15) is 0 Å². The lowest BCUT2D eigenvalue weighted by Gasteiger charge is -2.08. The Bertz CT molecular complexity index is 740. The van der Waals surface area contributed by atoms with E-state index in [1.165, 1.54) is 12.3 Å². The maximum atomic E-state index is 11.8. The van der Waals surface area contributed by atoms with E-state index in [0.717, 1.165) is 17.7 Å². The van der Waals surface area contributed by atoms with E-state index in [9.17, 15) is 9.59 Å². The van der Waals surface area contributed by atoms with Crippen molar-refractivity contribution in [2.24, 2.45) is 0 Å². The Morgan fingerprint density at radius 2 is 2.12 bits per heavy atom. The van der Waals surface area contributed by atoms with Crippen LogP contribution < -0.4 is 15.5 Å². The molecule has 6 nitrogen and oxygen atoms in total. The molecule has 0 aliphatic carbocycles. The molecule has 0 unspecified atom stereocenters. The number of hydrogen-bond acceptors (Lipinski definition) is 4. The Balaban J connectivity index is 1.80. The van der Waals surface area contributed by atoms with Crippen LogP contribution in [0, 0.1) is 6.92 Å². The molecule has 0 aliphatic heterocycles. The average Bonchev–Trinajstić information content (AvgIpc) is 2.54. The topological polar surface area (TPSA) is 80.4 Å². The number of H-pyrrole nitrogens is 1. The van der Waals surface area contributed by atoms with Crippen LogP contribution in [0.3, 0.4) is 0 Å². The van der Waals surface area contributed by atoms with Crippen LogP contribution in [0.2, 0.25) is 0 Å². The summed E-state index contributed by atoms with van der Waals surface area (Å²) in [5.74, 6) is 0.0450. The maximum absolute atomic E-state index is 11.8. The standard InChI is InChI=1S/C18H22N2O4/c1-3-7-24-17-10-19-15(9-16(17)21)11-23-12-18(22)20-14-6-4-5-13(2)8-14/h4-6,8-10H,3,7,11-12H2,1-2H3,(H,19,21)(H,20,22). The molecule has 2 N–H and O–H groups in total. The zero-order valence-corrected chi connectivity index (χ0v) is 13.9. The zero-order chi connectivity index (χ0) is 17.4. The molecule has 1 amide bonds. The molecule has 0 atom stereocenters. The minimum Gasteiger partial charge on any atom is -0.488 e. The summed E-state index contributed by atoms with van der Waals surface area (Å²) in [7, 11) is 0. The number of aromatic amines is 1. The summed E-state index contributed by atoms with van der Waals surface area (Å²) < 4.78 is 10.6. The Kier molecular flexibility index (Phi) is 6.57. The summed E-state index contributed by atoms with van der Waals surface area (Å²) in [4.78, 5) is 26.6. The molecule has 128 valence electrons. The fraction of sp³-hybridized carbons (Fsp3) is 0.333. The van der Waals surface area contributed by atoms with Crippen LogP contribution in [0.5, 0.6) is 5.75 Å². The van der Waals surface area contributed by atoms with Crippen LogP contribution >= 0.6 is 0 Å². The third-order valence-electron chi connectivity index (χ3n) is 3.19. The number of nitrogens with one attached hydrogen (secondary N) is 2. The van der Waals surface area contributed by atoms with Gasteiger partial charge in [0.1, 0.15) is 6.61 Å². The van der Waals surface area contributed by atoms with E-state index in [2.05, 4.69) is 10.3 Å². The van der Waals surface area contributed by atoms with Crippen molar-refractivity contribution in [3.05, 3.63) is 58.0 Å². The predicted molar refractivity (Wildman–Crippen MR) is 92.3 cm³/mol. The first-order valence-electron chi connectivity index (χ1n) is 7.87. The van der Waals surface area contributed by atoms with Crippen molar-refractivity contribution >= 4 is 11.6 Å². The largest absolute Gasteiger partial charge is 0.488 e. The van der Waals surface area contributed by atoms with Crippen LogP contribution in [0.25, 0.3) is 0 Å². The number of amides is 1. The van der Waals surface area contributed by atoms with Crippen LogP contribution in [0.1, 0.15) is 24.6 Å². The Morgan fingerprint density at radius 1 is 1.29 bits per heavy atom. The molecular weight excluding hydrogens is 308 g/mol. The van der Waals surface area contributed by atoms with E-state index >= 15 is 0 Å². The van der Waals surface area contributed by atoms with Gasteiger partial charge in [0.25, 0.3) is 0 Å². The second-order valence-corrected chi connectivity index (χ2v) is 5.45. The third-order valence-corrected chi connectivity index (χ3v) is 3.19. The summed E-state index contributed by atoms with van der Waals surface area (Å²) >= 11 is 0. The van der Waals surface area contributed by atoms with E-state index in [0.29, 0.717) is 12.3 Å². The van der Waals surface area contributed by atoms with Gasteiger partial charge >= 0.3 is 0 Å². The van der Waals surface area contributed by atoms with Crippen LogP contribution in [0.4, 0.5) is 5.69 Å². The molecule has 0 fully saturated rings. The number of aryl methyl sites for hydroxylation is 1. The second-order valence-electron chi connectivity index (χ2n) is 5.45. The summed E-state index contributed by atoms with van der Waals surface area (Å²) in [6.45, 7) is 4.47. The quantitative estimate of drug-likeness (QED) is 0.780. The lowest BCUT2D eigenvalue weighted by atomic mass is 10.2. The van der Waals surface area contributed by atoms with Crippen molar-refractivity contribution in [1.82, 2.24) is 4.98 Å². The van der Waals surface area contributed by atoms with Gasteiger partial charge < -0.3 is 19.8 Å². The fourth-order valence-corrected chi connectivity index (χ4v) is 2.08. The number of rotatable bonds is 8. The SMILES string of the molecule is CCCOc1c[nH]c(COCC(=O)Nc2cccc(C)c2)cc1=O. The van der Waals surface area contributed by atoms with Gasteiger partial charge in [0.15, 0.2) is 5.75 Å². The Labute approximate surface area is 140 Å². The molecule has 6 heteroatoms. The monoisotopic (exact) mass is 330 g/mol. The first-order chi connectivity index (χ1) is 11.6. The number of benzene rings is 1. The normalized spacial score (nSPS) is 10.4. The van der Waals surface area contributed by atoms with Gasteiger partial charge in [0, 0.05) is 23.6 Å². The van der Waals surface area contributed by atoms with Gasteiger partial charge in [0.2, 0.25) is 11.3 Å². The number of carbonyl (C=O) groups is 1. The van der Waals surface area contributed by atoms with Gasteiger partial charge in [0.05, 0.1) is 13.2 Å². The van der Waals surface area contributed by atoms with E-state index in [4.69, 9.17) is 9.47 Å². The van der Waals surface area contributed by atoms with E-state index < -0.39 is 0 Å². The molecule has 2 rings (SSSR count). The number of carbonyl (C=O) groups excluding carboxylic acids is 1. The van der Waals surface area contributed by atoms with Crippen molar-refractivity contribution in [1.29, 1.82) is 0 Å². The molecule has 1 aromatic carbocycles. The van der Waals surface area contributed by atoms with Gasteiger partial charge in [-0.15, -0.1) is 0 Å². The number of aromatic nitrogens is 1. The lowest BCUT2D eigenvalue weighted by molar-refractivity contribution is -0.121. The number of hydrogen-bond donors (Lipinski definition) is 2. The Hall–Kier alpha value is -2.60. The average molecular weight is 330 g/mol. The van der Waals surface area contributed by atoms with Gasteiger partial charge in [-0.25, -0.2) is 0 Å². The van der Waals surface area contributed by atoms with Crippen molar-refractivity contribution in [2.45, 2.75) is 26.9 Å². The minimum absolute atomic E-state index is 0.0932. The van der Waals surface area contributed by atoms with Crippen molar-refractivity contribution < 1.29 is 14.3 Å². The molecule has 1 aromatic heterocycles.